The summed E-state index contributed by atoms with van der Waals surface area (Å²) in [4.78, 5) is 30.9. The topological polar surface area (TPSA) is 107 Å². The molecule has 0 radical (unpaired) electrons. The highest BCUT2D eigenvalue weighted by atomic mass is 16.3. The van der Waals surface area contributed by atoms with E-state index in [1.54, 1.807) is 24.3 Å². The zero-order valence-corrected chi connectivity index (χ0v) is 11.3. The van der Waals surface area contributed by atoms with E-state index in [0.29, 0.717) is 30.4 Å². The van der Waals surface area contributed by atoms with Gasteiger partial charge < -0.3 is 20.7 Å². The maximum Gasteiger partial charge on any atom is 0.287 e. The van der Waals surface area contributed by atoms with Crippen molar-refractivity contribution in [1.82, 2.24) is 20.6 Å². The molecule has 0 unspecified atom stereocenters. The summed E-state index contributed by atoms with van der Waals surface area (Å²) in [5.41, 5.74) is -0.321. The number of benzene rings is 1. The van der Waals surface area contributed by atoms with Gasteiger partial charge in [0.1, 0.15) is 0 Å². The quantitative estimate of drug-likeness (QED) is 0.599. The van der Waals surface area contributed by atoms with Gasteiger partial charge >= 0.3 is 0 Å². The maximum atomic E-state index is 12.3. The molecule has 0 saturated carbocycles. The summed E-state index contributed by atoms with van der Waals surface area (Å²) >= 11 is 0. The van der Waals surface area contributed by atoms with Crippen LogP contribution in [0.5, 0.6) is 0 Å². The molecule has 7 heteroatoms. The Balaban J connectivity index is 1.90. The van der Waals surface area contributed by atoms with Gasteiger partial charge in [0.25, 0.3) is 11.5 Å². The van der Waals surface area contributed by atoms with Crippen LogP contribution >= 0.6 is 0 Å². The fourth-order valence-corrected chi connectivity index (χ4v) is 2.46. The van der Waals surface area contributed by atoms with Gasteiger partial charge in [0.2, 0.25) is 0 Å². The summed E-state index contributed by atoms with van der Waals surface area (Å²) in [7, 11) is 0. The van der Waals surface area contributed by atoms with Crippen molar-refractivity contribution in [2.45, 2.75) is 12.0 Å². The predicted molar refractivity (Wildman–Crippen MR) is 77.1 cm³/mol. The second-order valence-corrected chi connectivity index (χ2v) is 5.24. The number of carbonyl (C=O) groups excluding carboxylic acids is 1. The van der Waals surface area contributed by atoms with Crippen molar-refractivity contribution < 1.29 is 9.90 Å². The molecular formula is C14H16N4O3. The van der Waals surface area contributed by atoms with Crippen LogP contribution in [0, 0.1) is 0 Å². The number of fused-ring (bicyclic) bond motifs is 1. The molecule has 0 spiro atoms. The Labute approximate surface area is 120 Å². The fraction of sp³-hybridized carbons (Fsp3) is 0.357. The number of rotatable bonds is 4. The maximum absolute atomic E-state index is 12.3. The average molecular weight is 288 g/mol. The number of aromatic amines is 1. The van der Waals surface area contributed by atoms with E-state index in [0.717, 1.165) is 0 Å². The minimum Gasteiger partial charge on any atom is -0.396 e. The van der Waals surface area contributed by atoms with Crippen molar-refractivity contribution in [2.75, 3.05) is 19.7 Å². The SMILES string of the molecule is O=C(NC1(CCO)CNC1)c1nc2ccccc2c(=O)[nH]1. The Hall–Kier alpha value is -2.25. The molecule has 0 aliphatic carbocycles. The third-order valence-corrected chi connectivity index (χ3v) is 3.72. The molecule has 1 saturated heterocycles. The average Bonchev–Trinajstić information content (AvgIpc) is 2.45. The second kappa shape index (κ2) is 5.27. The predicted octanol–water partition coefficient (Wildman–Crippen LogP) is -0.623. The van der Waals surface area contributed by atoms with Crippen LogP contribution in [0.2, 0.25) is 0 Å². The summed E-state index contributed by atoms with van der Waals surface area (Å²) in [6, 6.07) is 6.86. The molecule has 1 aromatic carbocycles. The highest BCUT2D eigenvalue weighted by molar-refractivity contribution is 5.93. The number of nitrogens with zero attached hydrogens (tertiary/aromatic N) is 1. The zero-order chi connectivity index (χ0) is 14.9. The van der Waals surface area contributed by atoms with Crippen molar-refractivity contribution in [3.05, 3.63) is 40.4 Å². The number of amides is 1. The summed E-state index contributed by atoms with van der Waals surface area (Å²) < 4.78 is 0. The molecule has 4 N–H and O–H groups in total. The normalized spacial score (nSPS) is 16.4. The van der Waals surface area contributed by atoms with Crippen molar-refractivity contribution in [1.29, 1.82) is 0 Å². The number of nitrogens with one attached hydrogen (secondary N) is 3. The van der Waals surface area contributed by atoms with Crippen LogP contribution in [-0.2, 0) is 0 Å². The first-order valence-electron chi connectivity index (χ1n) is 6.77. The van der Waals surface area contributed by atoms with Crippen molar-refractivity contribution in [3.8, 4) is 0 Å². The highest BCUT2D eigenvalue weighted by Crippen LogP contribution is 2.16. The van der Waals surface area contributed by atoms with Gasteiger partial charge in [0.15, 0.2) is 5.82 Å². The molecule has 110 valence electrons. The first kappa shape index (κ1) is 13.7. The van der Waals surface area contributed by atoms with Gasteiger partial charge in [-0.3, -0.25) is 9.59 Å². The number of carbonyl (C=O) groups is 1. The van der Waals surface area contributed by atoms with Crippen LogP contribution in [0.4, 0.5) is 0 Å². The lowest BCUT2D eigenvalue weighted by atomic mass is 9.89. The molecule has 1 aromatic heterocycles. The van der Waals surface area contributed by atoms with Gasteiger partial charge in [0, 0.05) is 19.7 Å². The number of aliphatic hydroxyl groups excluding tert-OH is 1. The minimum absolute atomic E-state index is 0.0103. The van der Waals surface area contributed by atoms with Crippen LogP contribution in [0.3, 0.4) is 0 Å². The third-order valence-electron chi connectivity index (χ3n) is 3.72. The van der Waals surface area contributed by atoms with Crippen LogP contribution in [-0.4, -0.2) is 46.2 Å². The highest BCUT2D eigenvalue weighted by Gasteiger charge is 2.38. The number of hydrogen-bond acceptors (Lipinski definition) is 5. The van der Waals surface area contributed by atoms with Crippen molar-refractivity contribution >= 4 is 16.8 Å². The largest absolute Gasteiger partial charge is 0.396 e. The Kier molecular flexibility index (Phi) is 3.44. The Morgan fingerprint density at radius 2 is 2.14 bits per heavy atom. The van der Waals surface area contributed by atoms with E-state index in [1.165, 1.54) is 0 Å². The lowest BCUT2D eigenvalue weighted by Gasteiger charge is -2.42. The molecule has 3 rings (SSSR count). The van der Waals surface area contributed by atoms with Crippen LogP contribution in [0.1, 0.15) is 17.0 Å². The molecule has 7 nitrogen and oxygen atoms in total. The van der Waals surface area contributed by atoms with Gasteiger partial charge in [-0.15, -0.1) is 0 Å². The molecule has 2 heterocycles. The Morgan fingerprint density at radius 1 is 1.38 bits per heavy atom. The van der Waals surface area contributed by atoms with E-state index in [4.69, 9.17) is 5.11 Å². The Morgan fingerprint density at radius 3 is 2.81 bits per heavy atom. The van der Waals surface area contributed by atoms with E-state index in [1.807, 2.05) is 0 Å². The standard InChI is InChI=1S/C14H16N4O3/c19-6-5-14(7-15-8-14)18-13(21)11-16-10-4-2-1-3-9(10)12(20)17-11/h1-4,15,19H,5-8H2,(H,18,21)(H,16,17,20). The Bertz CT molecular complexity index is 736. The molecule has 0 atom stereocenters. The molecule has 0 bridgehead atoms. The number of para-hydroxylation sites is 1. The van der Waals surface area contributed by atoms with Crippen LogP contribution < -0.4 is 16.2 Å². The van der Waals surface area contributed by atoms with Crippen molar-refractivity contribution in [2.24, 2.45) is 0 Å². The van der Waals surface area contributed by atoms with Gasteiger partial charge in [0.05, 0.1) is 16.4 Å². The first-order chi connectivity index (χ1) is 10.1. The number of aromatic nitrogens is 2. The van der Waals surface area contributed by atoms with Gasteiger partial charge in [-0.2, -0.15) is 0 Å². The fourth-order valence-electron chi connectivity index (χ4n) is 2.46. The summed E-state index contributed by atoms with van der Waals surface area (Å²) in [6.07, 6.45) is 0.462. The summed E-state index contributed by atoms with van der Waals surface area (Å²) in [6.45, 7) is 1.18. The van der Waals surface area contributed by atoms with E-state index in [-0.39, 0.29) is 18.0 Å². The second-order valence-electron chi connectivity index (χ2n) is 5.24. The lowest BCUT2D eigenvalue weighted by Crippen LogP contribution is -2.69. The molecule has 21 heavy (non-hydrogen) atoms. The third kappa shape index (κ3) is 2.53. The van der Waals surface area contributed by atoms with E-state index < -0.39 is 11.4 Å². The minimum atomic E-state index is -0.462. The smallest absolute Gasteiger partial charge is 0.287 e. The lowest BCUT2D eigenvalue weighted by molar-refractivity contribution is 0.0805. The molecule has 1 aliphatic heterocycles. The molecule has 1 aliphatic rings. The summed E-state index contributed by atoms with van der Waals surface area (Å²) in [5.74, 6) is -0.448. The monoisotopic (exact) mass is 288 g/mol. The van der Waals surface area contributed by atoms with Gasteiger partial charge in [-0.1, -0.05) is 12.1 Å². The molecule has 2 aromatic rings. The zero-order valence-electron chi connectivity index (χ0n) is 11.3. The first-order valence-corrected chi connectivity index (χ1v) is 6.77. The van der Waals surface area contributed by atoms with Crippen LogP contribution in [0.15, 0.2) is 29.1 Å². The van der Waals surface area contributed by atoms with Gasteiger partial charge in [-0.25, -0.2) is 4.98 Å². The molecule has 1 fully saturated rings. The van der Waals surface area contributed by atoms with Gasteiger partial charge in [-0.05, 0) is 18.6 Å². The van der Waals surface area contributed by atoms with Crippen molar-refractivity contribution in [3.63, 3.8) is 0 Å². The van der Waals surface area contributed by atoms with E-state index in [2.05, 4.69) is 20.6 Å². The van der Waals surface area contributed by atoms with E-state index >= 15 is 0 Å². The van der Waals surface area contributed by atoms with E-state index in [9.17, 15) is 9.59 Å². The molecule has 1 amide bonds. The summed E-state index contributed by atoms with van der Waals surface area (Å²) in [5, 5.41) is 15.4. The number of hydrogen-bond donors (Lipinski definition) is 4. The number of H-pyrrole nitrogens is 1. The molecular weight excluding hydrogens is 272 g/mol. The van der Waals surface area contributed by atoms with Crippen LogP contribution in [0.25, 0.3) is 10.9 Å². The number of aliphatic hydroxyl groups is 1.